The van der Waals surface area contributed by atoms with Gasteiger partial charge in [-0.3, -0.25) is 0 Å². The number of alkyl halides is 3. The molecule has 2 heterocycles. The summed E-state index contributed by atoms with van der Waals surface area (Å²) in [6.45, 7) is 0.833. The number of fused-ring (bicyclic) bond motifs is 1. The molecule has 9 nitrogen and oxygen atoms in total. The number of thioether (sulfide) groups is 1. The molecular formula is C25H22ClF3N3O6PS2. The zero-order chi connectivity index (χ0) is 30.2. The maximum Gasteiger partial charge on any atom is 0.400 e. The summed E-state index contributed by atoms with van der Waals surface area (Å²) in [4.78, 5) is 21.6. The Kier molecular flexibility index (Phi) is 8.83. The second-order valence-electron chi connectivity index (χ2n) is 9.20. The highest BCUT2D eigenvalue weighted by atomic mass is 35.5. The zero-order valence-corrected chi connectivity index (χ0v) is 24.4. The molecule has 1 aliphatic rings. The summed E-state index contributed by atoms with van der Waals surface area (Å²) in [5.74, 6) is -2.53. The molecule has 16 heteroatoms. The first-order chi connectivity index (χ1) is 19.1. The topological polar surface area (TPSA) is 143 Å². The SMILES string of the molecule is CC1(C(F)(F)F)c2c(C#N)c(OCC[n+]3ccccc3)cc(Cl)c2SC1S(=O)(=O)NC(c1ccccc1)P(=O)([O-])O. The van der Waals surface area contributed by atoms with E-state index in [9.17, 15) is 41.2 Å². The van der Waals surface area contributed by atoms with Crippen LogP contribution in [0.15, 0.2) is 71.9 Å². The number of pyridine rings is 1. The Morgan fingerprint density at radius 2 is 1.88 bits per heavy atom. The summed E-state index contributed by atoms with van der Waals surface area (Å²) in [6, 6.07) is 14.8. The van der Waals surface area contributed by atoms with Crippen LogP contribution >= 0.6 is 31.0 Å². The molecule has 218 valence electrons. The molecule has 0 fully saturated rings. The number of sulfonamides is 1. The Balaban J connectivity index is 1.78. The normalized spacial score (nSPS) is 21.0. The molecular weight excluding hydrogens is 626 g/mol. The minimum Gasteiger partial charge on any atom is -0.777 e. The van der Waals surface area contributed by atoms with Gasteiger partial charge in [0.25, 0.3) is 0 Å². The first-order valence-electron chi connectivity index (χ1n) is 11.8. The fourth-order valence-electron chi connectivity index (χ4n) is 4.46. The number of benzene rings is 2. The van der Waals surface area contributed by atoms with Crippen molar-refractivity contribution in [1.29, 1.82) is 5.26 Å². The molecule has 0 saturated carbocycles. The maximum atomic E-state index is 14.9. The van der Waals surface area contributed by atoms with Gasteiger partial charge < -0.3 is 19.1 Å². The highest BCUT2D eigenvalue weighted by molar-refractivity contribution is 8.13. The predicted molar refractivity (Wildman–Crippen MR) is 142 cm³/mol. The standard InChI is InChI=1S/C25H22ClF3N3O6PS2/c1-24(25(27,28)29)20-17(15-30)19(38-13-12-32-10-6-3-7-11-32)14-18(26)21(20)40-23(24)41(36,37)31-22(39(33,34)35)16-8-4-2-5-9-16/h2-11,14,22-23,31H,12-13H2,1H3,(H-,33,34,35). The lowest BCUT2D eigenvalue weighted by Crippen LogP contribution is -2.52. The summed E-state index contributed by atoms with van der Waals surface area (Å²) in [5.41, 5.74) is -4.71. The largest absolute Gasteiger partial charge is 0.777 e. The second kappa shape index (κ2) is 11.6. The van der Waals surface area contributed by atoms with E-state index in [1.54, 1.807) is 46.0 Å². The second-order valence-corrected chi connectivity index (χ2v) is 14.5. The smallest absolute Gasteiger partial charge is 0.400 e. The summed E-state index contributed by atoms with van der Waals surface area (Å²) < 4.78 is 90.6. The highest BCUT2D eigenvalue weighted by Gasteiger charge is 2.67. The molecule has 2 N–H and O–H groups in total. The summed E-state index contributed by atoms with van der Waals surface area (Å²) in [6.07, 6.45) is -1.79. The van der Waals surface area contributed by atoms with Crippen LogP contribution in [0.2, 0.25) is 5.02 Å². The molecule has 3 aromatic rings. The summed E-state index contributed by atoms with van der Waals surface area (Å²) in [7, 11) is -10.7. The lowest BCUT2D eigenvalue weighted by Gasteiger charge is -2.36. The molecule has 1 aliphatic heterocycles. The van der Waals surface area contributed by atoms with E-state index in [1.165, 1.54) is 30.3 Å². The van der Waals surface area contributed by atoms with Crippen molar-refractivity contribution in [2.75, 3.05) is 6.61 Å². The van der Waals surface area contributed by atoms with Crippen molar-refractivity contribution in [3.8, 4) is 11.8 Å². The van der Waals surface area contributed by atoms with Crippen LogP contribution in [0.5, 0.6) is 5.75 Å². The van der Waals surface area contributed by atoms with Crippen LogP contribution in [0.1, 0.15) is 29.4 Å². The van der Waals surface area contributed by atoms with Crippen molar-refractivity contribution in [3.63, 3.8) is 0 Å². The van der Waals surface area contributed by atoms with E-state index in [2.05, 4.69) is 0 Å². The van der Waals surface area contributed by atoms with Crippen molar-refractivity contribution < 1.29 is 45.2 Å². The highest BCUT2D eigenvalue weighted by Crippen LogP contribution is 2.62. The molecule has 4 unspecified atom stereocenters. The molecule has 1 aromatic heterocycles. The number of aromatic nitrogens is 1. The molecule has 4 atom stereocenters. The Morgan fingerprint density at radius 1 is 1.27 bits per heavy atom. The van der Waals surface area contributed by atoms with Crippen LogP contribution in [0.25, 0.3) is 0 Å². The Bertz CT molecular complexity index is 1640. The molecule has 0 amide bonds. The van der Waals surface area contributed by atoms with Crippen molar-refractivity contribution in [2.45, 2.75) is 40.3 Å². The van der Waals surface area contributed by atoms with Gasteiger partial charge in [-0.2, -0.15) is 23.2 Å². The molecule has 0 radical (unpaired) electrons. The van der Waals surface area contributed by atoms with Crippen LogP contribution in [-0.2, 0) is 26.5 Å². The number of ether oxygens (including phenoxy) is 1. The summed E-state index contributed by atoms with van der Waals surface area (Å²) >= 11 is 6.56. The molecule has 0 spiro atoms. The van der Waals surface area contributed by atoms with Gasteiger partial charge in [-0.1, -0.05) is 48.0 Å². The fourth-order valence-corrected chi connectivity index (χ4v) is 10.0. The number of rotatable bonds is 9. The van der Waals surface area contributed by atoms with Gasteiger partial charge in [-0.25, -0.2) is 13.0 Å². The maximum absolute atomic E-state index is 14.9. The van der Waals surface area contributed by atoms with Crippen molar-refractivity contribution in [2.24, 2.45) is 0 Å². The third-order valence-electron chi connectivity index (χ3n) is 6.50. The van der Waals surface area contributed by atoms with E-state index in [4.69, 9.17) is 16.3 Å². The van der Waals surface area contributed by atoms with E-state index < -0.39 is 50.7 Å². The van der Waals surface area contributed by atoms with Gasteiger partial charge in [0.2, 0.25) is 10.0 Å². The molecule has 0 aliphatic carbocycles. The number of nitrogens with zero attached hydrogens (tertiary/aromatic N) is 2. The molecule has 4 rings (SSSR count). The first-order valence-corrected chi connectivity index (χ1v) is 16.2. The summed E-state index contributed by atoms with van der Waals surface area (Å²) in [5, 5.41) is 9.66. The van der Waals surface area contributed by atoms with Gasteiger partial charge in [0.15, 0.2) is 26.5 Å². The average molecular weight is 648 g/mol. The number of nitrogens with one attached hydrogen (secondary N) is 1. The Morgan fingerprint density at radius 3 is 2.44 bits per heavy atom. The van der Waals surface area contributed by atoms with E-state index >= 15 is 0 Å². The van der Waals surface area contributed by atoms with E-state index in [1.807, 2.05) is 0 Å². The average Bonchev–Trinajstić information content (AvgIpc) is 3.24. The molecule has 41 heavy (non-hydrogen) atoms. The molecule has 0 bridgehead atoms. The van der Waals surface area contributed by atoms with E-state index in [-0.39, 0.29) is 46.1 Å². The van der Waals surface area contributed by atoms with Crippen LogP contribution in [0.3, 0.4) is 0 Å². The van der Waals surface area contributed by atoms with Crippen molar-refractivity contribution in [3.05, 3.63) is 88.7 Å². The third kappa shape index (κ3) is 6.12. The predicted octanol–water partition coefficient (Wildman–Crippen LogP) is 3.99. The number of hydrogen-bond acceptors (Lipinski definition) is 7. The van der Waals surface area contributed by atoms with Crippen molar-refractivity contribution >= 4 is 41.0 Å². The van der Waals surface area contributed by atoms with Crippen LogP contribution in [-0.4, -0.2) is 30.7 Å². The number of nitriles is 1. The first kappa shape index (κ1) is 31.3. The van der Waals surface area contributed by atoms with Gasteiger partial charge in [-0.05, 0) is 12.5 Å². The minimum absolute atomic E-state index is 0.0499. The van der Waals surface area contributed by atoms with Gasteiger partial charge in [0.05, 0.1) is 10.6 Å². The lowest BCUT2D eigenvalue weighted by atomic mass is 9.80. The Labute approximate surface area is 243 Å². The Hall–Kier alpha value is -2.63. The zero-order valence-electron chi connectivity index (χ0n) is 21.1. The minimum atomic E-state index is -5.49. The third-order valence-corrected chi connectivity index (χ3v) is 12.2. The number of hydrogen-bond donors (Lipinski definition) is 2. The van der Waals surface area contributed by atoms with Crippen LogP contribution in [0, 0.1) is 11.3 Å². The van der Waals surface area contributed by atoms with E-state index in [0.717, 1.165) is 6.07 Å². The lowest BCUT2D eigenvalue weighted by molar-refractivity contribution is -0.697. The fraction of sp³-hybridized carbons (Fsp3) is 0.280. The van der Waals surface area contributed by atoms with Gasteiger partial charge in [-0.15, -0.1) is 11.8 Å². The van der Waals surface area contributed by atoms with Crippen LogP contribution in [0.4, 0.5) is 13.2 Å². The monoisotopic (exact) mass is 647 g/mol. The quantitative estimate of drug-likeness (QED) is 0.262. The number of halogens is 4. The van der Waals surface area contributed by atoms with Gasteiger partial charge in [0.1, 0.15) is 34.2 Å². The van der Waals surface area contributed by atoms with Gasteiger partial charge >= 0.3 is 6.18 Å². The van der Waals surface area contributed by atoms with Crippen LogP contribution < -0.4 is 18.9 Å². The molecule has 0 saturated heterocycles. The molecule has 2 aromatic carbocycles. The van der Waals surface area contributed by atoms with E-state index in [0.29, 0.717) is 6.92 Å². The van der Waals surface area contributed by atoms with Crippen molar-refractivity contribution in [1.82, 2.24) is 4.72 Å². The van der Waals surface area contributed by atoms with Gasteiger partial charge in [0, 0.05) is 28.7 Å².